The van der Waals surface area contributed by atoms with Gasteiger partial charge in [0.1, 0.15) is 5.82 Å². The molecule has 10 heteroatoms. The molecule has 3 nitrogen and oxygen atoms in total. The molecule has 0 aliphatic carbocycles. The summed E-state index contributed by atoms with van der Waals surface area (Å²) in [6, 6.07) is 20.6. The fourth-order valence-corrected chi connectivity index (χ4v) is 24.0. The Balaban J connectivity index is 0.000000244. The summed E-state index contributed by atoms with van der Waals surface area (Å²) in [6.07, 6.45) is 3.68. The molecule has 5 aromatic rings. The molecule has 0 aliphatic heterocycles. The fraction of sp³-hybridized carbons (Fsp3) is 0.432. The summed E-state index contributed by atoms with van der Waals surface area (Å²) < 4.78 is 59.1. The first-order valence-corrected chi connectivity index (χ1v) is 24.3. The van der Waals surface area contributed by atoms with Crippen molar-refractivity contribution in [3.8, 4) is 33.6 Å². The Morgan fingerprint density at radius 3 is 1.57 bits per heavy atom. The van der Waals surface area contributed by atoms with Gasteiger partial charge in [-0.2, -0.15) is 13.2 Å². The molecule has 0 saturated heterocycles. The highest BCUT2D eigenvalue weighted by molar-refractivity contribution is 9.10. The van der Waals surface area contributed by atoms with E-state index in [1.807, 2.05) is 48.8 Å². The van der Waals surface area contributed by atoms with E-state index >= 15 is 0 Å². The van der Waals surface area contributed by atoms with Gasteiger partial charge in [-0.25, -0.2) is 4.39 Å². The molecule has 54 heavy (non-hydrogen) atoms. The number of rotatable bonds is 11. The summed E-state index contributed by atoms with van der Waals surface area (Å²) in [7, 11) is -4.02. The van der Waals surface area contributed by atoms with Crippen molar-refractivity contribution in [2.75, 3.05) is 0 Å². The van der Waals surface area contributed by atoms with Crippen LogP contribution >= 0.6 is 15.9 Å². The normalized spacial score (nSPS) is 12.8. The van der Waals surface area contributed by atoms with Crippen LogP contribution in [0, 0.1) is 5.82 Å². The van der Waals surface area contributed by atoms with Crippen LogP contribution in [-0.4, -0.2) is 29.9 Å². The molecule has 0 saturated carbocycles. The van der Waals surface area contributed by atoms with Crippen molar-refractivity contribution in [1.82, 2.24) is 13.4 Å². The van der Waals surface area contributed by atoms with E-state index in [0.717, 1.165) is 32.9 Å². The van der Waals surface area contributed by atoms with Crippen LogP contribution in [0.5, 0.6) is 0 Å². The monoisotopic (exact) mass is 839 g/mol. The lowest BCUT2D eigenvalue weighted by Gasteiger charge is -2.45. The Bertz CT molecular complexity index is 1920. The average Bonchev–Trinajstić information content (AvgIpc) is 3.70. The fourth-order valence-electron chi connectivity index (χ4n) is 9.94. The molecule has 0 radical (unpaired) electrons. The minimum absolute atomic E-state index is 0.212. The molecule has 3 heterocycles. The van der Waals surface area contributed by atoms with E-state index in [-0.39, 0.29) is 5.82 Å². The van der Waals surface area contributed by atoms with Gasteiger partial charge in [-0.15, -0.1) is 0 Å². The smallest absolute Gasteiger partial charge is 0.373 e. The predicted molar refractivity (Wildman–Crippen MR) is 229 cm³/mol. The summed E-state index contributed by atoms with van der Waals surface area (Å²) in [5, 5.41) is 0. The molecule has 0 aliphatic rings. The molecule has 3 aromatic heterocycles. The van der Waals surface area contributed by atoms with E-state index in [1.54, 1.807) is 18.2 Å². The highest BCUT2D eigenvalue weighted by atomic mass is 79.9. The summed E-state index contributed by atoms with van der Waals surface area (Å²) in [4.78, 5) is 4.19. The van der Waals surface area contributed by atoms with Crippen LogP contribution in [0.3, 0.4) is 0 Å². The van der Waals surface area contributed by atoms with Crippen molar-refractivity contribution in [3.05, 3.63) is 113 Å². The standard InChI is InChI=1S/C24H30BrFN2Si.C20H28F3NSi/c1-16(2)29(17(3)4,18(5)6)28-15-22(25)23(19-11-13-27-14-12-19)24(28)20-7-9-21(26)10-8-20;1-14(2)25(15(3)4,16(5)6)24-12-8-11-19(24)17-9-7-10-18(13-17)20(21,22)23/h7-18H,1-6H3;7-16H,1-6H3. The summed E-state index contributed by atoms with van der Waals surface area (Å²) in [5.41, 5.74) is 8.49. The second-order valence-electron chi connectivity index (χ2n) is 16.4. The van der Waals surface area contributed by atoms with Crippen molar-refractivity contribution >= 4 is 32.4 Å². The number of aromatic nitrogens is 3. The number of nitrogens with zero attached hydrogens (tertiary/aromatic N) is 3. The summed E-state index contributed by atoms with van der Waals surface area (Å²) >= 11 is 3.86. The Morgan fingerprint density at radius 2 is 1.09 bits per heavy atom. The quantitative estimate of drug-likeness (QED) is 0.0960. The van der Waals surface area contributed by atoms with E-state index in [0.29, 0.717) is 38.8 Å². The largest absolute Gasteiger partial charge is 0.416 e. The minimum Gasteiger partial charge on any atom is -0.373 e. The third-order valence-electron chi connectivity index (χ3n) is 11.7. The first kappa shape index (κ1) is 43.5. The zero-order valence-corrected chi connectivity index (χ0v) is 37.5. The number of halogens is 5. The number of benzene rings is 2. The molecule has 292 valence electrons. The molecule has 0 N–H and O–H groups in total. The average molecular weight is 841 g/mol. The first-order valence-electron chi connectivity index (χ1n) is 19.2. The molecule has 5 rings (SSSR count). The van der Waals surface area contributed by atoms with Crippen LogP contribution in [-0.2, 0) is 6.18 Å². The Hall–Kier alpha value is -3.22. The molecule has 0 atom stereocenters. The molecule has 0 fully saturated rings. The van der Waals surface area contributed by atoms with Gasteiger partial charge in [0, 0.05) is 40.0 Å². The van der Waals surface area contributed by atoms with E-state index < -0.39 is 28.2 Å². The van der Waals surface area contributed by atoms with Crippen LogP contribution in [0.1, 0.15) is 88.6 Å². The minimum atomic E-state index is -4.32. The molecule has 0 unspecified atom stereocenters. The third-order valence-corrected chi connectivity index (χ3v) is 25.8. The molecule has 0 amide bonds. The lowest BCUT2D eigenvalue weighted by molar-refractivity contribution is -0.137. The SMILES string of the molecule is CC(C)[Si](C(C)C)(C(C)C)n1cc(Br)c(-c2ccncc2)c1-c1ccc(F)cc1.CC(C)[Si](C(C)C)(C(C)C)n1cccc1-c1cccc(C(F)(F)F)c1. The Kier molecular flexibility index (Phi) is 13.9. The van der Waals surface area contributed by atoms with Crippen molar-refractivity contribution in [2.24, 2.45) is 0 Å². The number of alkyl halides is 3. The molecule has 2 aromatic carbocycles. The Morgan fingerprint density at radius 1 is 0.593 bits per heavy atom. The van der Waals surface area contributed by atoms with Crippen molar-refractivity contribution < 1.29 is 17.6 Å². The van der Waals surface area contributed by atoms with E-state index in [1.165, 1.54) is 17.8 Å². The Labute approximate surface area is 331 Å². The van der Waals surface area contributed by atoms with Gasteiger partial charge in [-0.3, -0.25) is 4.98 Å². The molecular weight excluding hydrogens is 783 g/mol. The zero-order chi connectivity index (χ0) is 40.3. The summed E-state index contributed by atoms with van der Waals surface area (Å²) in [6.45, 7) is 27.7. The van der Waals surface area contributed by atoms with Gasteiger partial charge < -0.3 is 8.47 Å². The van der Waals surface area contributed by atoms with Gasteiger partial charge in [-0.05, 0) is 133 Å². The van der Waals surface area contributed by atoms with Crippen LogP contribution in [0.15, 0.2) is 102 Å². The van der Waals surface area contributed by atoms with Gasteiger partial charge in [0.15, 0.2) is 16.5 Å². The maximum atomic E-state index is 13.7. The van der Waals surface area contributed by atoms with Gasteiger partial charge in [0.2, 0.25) is 0 Å². The number of hydrogen-bond acceptors (Lipinski definition) is 1. The topological polar surface area (TPSA) is 22.8 Å². The van der Waals surface area contributed by atoms with E-state index in [9.17, 15) is 17.6 Å². The number of hydrogen-bond donors (Lipinski definition) is 0. The summed E-state index contributed by atoms with van der Waals surface area (Å²) in [5.74, 6) is -0.212. The lowest BCUT2D eigenvalue weighted by Crippen LogP contribution is -2.52. The van der Waals surface area contributed by atoms with Gasteiger partial charge in [0.25, 0.3) is 0 Å². The molecule has 0 bridgehead atoms. The maximum absolute atomic E-state index is 13.7. The highest BCUT2D eigenvalue weighted by Crippen LogP contribution is 2.50. The molecule has 0 spiro atoms. The predicted octanol–water partition coefficient (Wildman–Crippen LogP) is 15.3. The van der Waals surface area contributed by atoms with Crippen LogP contribution in [0.25, 0.3) is 33.6 Å². The van der Waals surface area contributed by atoms with Crippen molar-refractivity contribution in [1.29, 1.82) is 0 Å². The second-order valence-corrected chi connectivity index (χ2v) is 28.7. The van der Waals surface area contributed by atoms with Gasteiger partial charge in [0.05, 0.1) is 5.56 Å². The van der Waals surface area contributed by atoms with Gasteiger partial charge >= 0.3 is 6.18 Å². The van der Waals surface area contributed by atoms with Crippen molar-refractivity contribution in [2.45, 2.75) is 123 Å². The lowest BCUT2D eigenvalue weighted by atomic mass is 10.0. The van der Waals surface area contributed by atoms with Crippen LogP contribution in [0.2, 0.25) is 33.2 Å². The van der Waals surface area contributed by atoms with Crippen LogP contribution < -0.4 is 0 Å². The van der Waals surface area contributed by atoms with E-state index in [4.69, 9.17) is 0 Å². The van der Waals surface area contributed by atoms with E-state index in [2.05, 4.69) is 125 Å². The van der Waals surface area contributed by atoms with Gasteiger partial charge in [-0.1, -0.05) is 95.2 Å². The first-order chi connectivity index (χ1) is 25.2. The molecular formula is C44H58BrF4N3Si2. The third kappa shape index (κ3) is 8.17. The van der Waals surface area contributed by atoms with Crippen molar-refractivity contribution in [3.63, 3.8) is 0 Å². The second kappa shape index (κ2) is 17.3. The number of pyridine rings is 1. The van der Waals surface area contributed by atoms with Crippen LogP contribution in [0.4, 0.5) is 17.6 Å². The zero-order valence-electron chi connectivity index (χ0n) is 33.9. The maximum Gasteiger partial charge on any atom is 0.416 e. The highest BCUT2D eigenvalue weighted by Gasteiger charge is 2.48.